The number of rotatable bonds is 9. The summed E-state index contributed by atoms with van der Waals surface area (Å²) in [6.45, 7) is 6.79. The Morgan fingerprint density at radius 1 is 1.19 bits per heavy atom. The summed E-state index contributed by atoms with van der Waals surface area (Å²) in [7, 11) is 1.63. The molecule has 27 heavy (non-hydrogen) atoms. The van der Waals surface area contributed by atoms with Crippen molar-refractivity contribution in [3.63, 3.8) is 0 Å². The van der Waals surface area contributed by atoms with Crippen LogP contribution in [0.2, 0.25) is 0 Å². The average molecular weight is 377 g/mol. The molecule has 1 aliphatic heterocycles. The summed E-state index contributed by atoms with van der Waals surface area (Å²) < 4.78 is 15.8. The number of hydrogen-bond donors (Lipinski definition) is 0. The van der Waals surface area contributed by atoms with E-state index in [0.29, 0.717) is 19.1 Å². The maximum Gasteiger partial charge on any atom is 0.335 e. The van der Waals surface area contributed by atoms with E-state index in [1.807, 2.05) is 24.3 Å². The van der Waals surface area contributed by atoms with Crippen LogP contribution in [0.15, 0.2) is 24.3 Å². The predicted octanol–water partition coefficient (Wildman–Crippen LogP) is 3.35. The zero-order valence-corrected chi connectivity index (χ0v) is 16.8. The molecule has 150 valence electrons. The fraction of sp³-hybridized carbons (Fsp3) is 0.619. The average Bonchev–Trinajstić information content (AvgIpc) is 3.15. The smallest absolute Gasteiger partial charge is 0.335 e. The van der Waals surface area contributed by atoms with Crippen LogP contribution in [-0.4, -0.2) is 49.7 Å². The molecule has 6 nitrogen and oxygen atoms in total. The topological polar surface area (TPSA) is 65.1 Å². The number of ether oxygens (including phenoxy) is 3. The lowest BCUT2D eigenvalue weighted by atomic mass is 10.0. The molecular formula is C21H31NO5. The van der Waals surface area contributed by atoms with Gasteiger partial charge in [-0.3, -0.25) is 4.79 Å². The fourth-order valence-electron chi connectivity index (χ4n) is 3.12. The largest absolute Gasteiger partial charge is 0.497 e. The van der Waals surface area contributed by atoms with Crippen molar-refractivity contribution in [2.75, 3.05) is 26.9 Å². The van der Waals surface area contributed by atoms with Gasteiger partial charge in [0.05, 0.1) is 13.2 Å². The Morgan fingerprint density at radius 3 is 2.52 bits per heavy atom. The van der Waals surface area contributed by atoms with Crippen LogP contribution in [0.5, 0.6) is 5.75 Å². The molecule has 1 saturated heterocycles. The summed E-state index contributed by atoms with van der Waals surface area (Å²) in [5, 5.41) is 0. The van der Waals surface area contributed by atoms with Crippen LogP contribution in [0, 0.1) is 5.92 Å². The molecule has 0 radical (unpaired) electrons. The third-order valence-corrected chi connectivity index (χ3v) is 4.81. The van der Waals surface area contributed by atoms with Crippen LogP contribution >= 0.6 is 0 Å². The van der Waals surface area contributed by atoms with Crippen molar-refractivity contribution >= 4 is 11.9 Å². The Balaban J connectivity index is 1.84. The van der Waals surface area contributed by atoms with Gasteiger partial charge in [0.25, 0.3) is 5.91 Å². The minimum atomic E-state index is -0.660. The van der Waals surface area contributed by atoms with Gasteiger partial charge < -0.3 is 19.1 Å². The SMILES string of the molecule is COc1ccc(C2CCCN2C(=O)COC(=O)C(C)OCCC(C)C)cc1. The van der Waals surface area contributed by atoms with Gasteiger partial charge in [-0.25, -0.2) is 4.79 Å². The zero-order valence-electron chi connectivity index (χ0n) is 16.8. The molecule has 1 aromatic carbocycles. The molecule has 6 heteroatoms. The van der Waals surface area contributed by atoms with E-state index in [4.69, 9.17) is 14.2 Å². The summed E-state index contributed by atoms with van der Waals surface area (Å²) >= 11 is 0. The highest BCUT2D eigenvalue weighted by Gasteiger charge is 2.30. The first kappa shape index (κ1) is 21.2. The molecule has 2 unspecified atom stereocenters. The van der Waals surface area contributed by atoms with Crippen LogP contribution in [0.4, 0.5) is 0 Å². The Kier molecular flexibility index (Phi) is 8.10. The lowest BCUT2D eigenvalue weighted by Crippen LogP contribution is -2.35. The molecule has 1 aromatic rings. The number of benzene rings is 1. The predicted molar refractivity (Wildman–Crippen MR) is 103 cm³/mol. The summed E-state index contributed by atoms with van der Waals surface area (Å²) in [6, 6.07) is 7.76. The summed E-state index contributed by atoms with van der Waals surface area (Å²) in [6.07, 6.45) is 2.06. The van der Waals surface area contributed by atoms with Crippen molar-refractivity contribution in [3.8, 4) is 5.75 Å². The van der Waals surface area contributed by atoms with Crippen LogP contribution < -0.4 is 4.74 Å². The Hall–Kier alpha value is -2.08. The molecule has 0 N–H and O–H groups in total. The molecule has 2 rings (SSSR count). The standard InChI is InChI=1S/C21H31NO5/c1-15(2)11-13-26-16(3)21(24)27-14-20(23)22-12-5-6-19(22)17-7-9-18(25-4)10-8-17/h7-10,15-16,19H,5-6,11-14H2,1-4H3. The maximum atomic E-state index is 12.6. The molecule has 0 aromatic heterocycles. The van der Waals surface area contributed by atoms with E-state index >= 15 is 0 Å². The minimum Gasteiger partial charge on any atom is -0.497 e. The number of methoxy groups -OCH3 is 1. The second-order valence-corrected chi connectivity index (χ2v) is 7.32. The van der Waals surface area contributed by atoms with Crippen molar-refractivity contribution < 1.29 is 23.8 Å². The highest BCUT2D eigenvalue weighted by Crippen LogP contribution is 2.32. The number of carbonyl (C=O) groups excluding carboxylic acids is 2. The van der Waals surface area contributed by atoms with Crippen LogP contribution in [0.1, 0.15) is 51.6 Å². The first-order valence-corrected chi connectivity index (χ1v) is 9.64. The fourth-order valence-corrected chi connectivity index (χ4v) is 3.12. The third kappa shape index (κ3) is 6.24. The van der Waals surface area contributed by atoms with Gasteiger partial charge in [0.15, 0.2) is 12.7 Å². The third-order valence-electron chi connectivity index (χ3n) is 4.81. The second-order valence-electron chi connectivity index (χ2n) is 7.32. The molecule has 0 saturated carbocycles. The number of nitrogens with zero attached hydrogens (tertiary/aromatic N) is 1. The molecule has 0 bridgehead atoms. The van der Waals surface area contributed by atoms with Gasteiger partial charge in [-0.1, -0.05) is 26.0 Å². The van der Waals surface area contributed by atoms with Crippen LogP contribution in [0.25, 0.3) is 0 Å². The van der Waals surface area contributed by atoms with Gasteiger partial charge in [-0.05, 0) is 49.8 Å². The lowest BCUT2D eigenvalue weighted by molar-refractivity contribution is -0.161. The molecular weight excluding hydrogens is 346 g/mol. The van der Waals surface area contributed by atoms with Gasteiger partial charge in [0, 0.05) is 13.2 Å². The van der Waals surface area contributed by atoms with Gasteiger partial charge in [0.2, 0.25) is 0 Å². The normalized spacial score (nSPS) is 17.8. The van der Waals surface area contributed by atoms with E-state index in [1.54, 1.807) is 18.9 Å². The van der Waals surface area contributed by atoms with Crippen LogP contribution in [-0.2, 0) is 19.1 Å². The number of likely N-dealkylation sites (tertiary alicyclic amines) is 1. The number of carbonyl (C=O) groups is 2. The van der Waals surface area contributed by atoms with E-state index in [9.17, 15) is 9.59 Å². The van der Waals surface area contributed by atoms with Gasteiger partial charge in [-0.15, -0.1) is 0 Å². The Bertz CT molecular complexity index is 614. The van der Waals surface area contributed by atoms with E-state index in [-0.39, 0.29) is 18.6 Å². The maximum absolute atomic E-state index is 12.6. The molecule has 1 aliphatic rings. The van der Waals surface area contributed by atoms with Crippen LogP contribution in [0.3, 0.4) is 0 Å². The van der Waals surface area contributed by atoms with E-state index in [0.717, 1.165) is 30.6 Å². The molecule has 0 aliphatic carbocycles. The van der Waals surface area contributed by atoms with Crippen molar-refractivity contribution in [1.82, 2.24) is 4.90 Å². The summed E-state index contributed by atoms with van der Waals surface area (Å²) in [5.41, 5.74) is 1.07. The first-order valence-electron chi connectivity index (χ1n) is 9.64. The highest BCUT2D eigenvalue weighted by molar-refractivity contribution is 5.82. The number of amides is 1. The second kappa shape index (κ2) is 10.3. The van der Waals surface area contributed by atoms with Crippen molar-refractivity contribution in [3.05, 3.63) is 29.8 Å². The quantitative estimate of drug-likeness (QED) is 0.618. The van der Waals surface area contributed by atoms with E-state index < -0.39 is 12.1 Å². The number of hydrogen-bond acceptors (Lipinski definition) is 5. The van der Waals surface area contributed by atoms with Gasteiger partial charge in [-0.2, -0.15) is 0 Å². The van der Waals surface area contributed by atoms with E-state index in [1.165, 1.54) is 0 Å². The highest BCUT2D eigenvalue weighted by atomic mass is 16.6. The molecule has 0 spiro atoms. The van der Waals surface area contributed by atoms with Gasteiger partial charge >= 0.3 is 5.97 Å². The molecule has 1 amide bonds. The van der Waals surface area contributed by atoms with E-state index in [2.05, 4.69) is 13.8 Å². The molecule has 1 fully saturated rings. The monoisotopic (exact) mass is 377 g/mol. The van der Waals surface area contributed by atoms with Crippen molar-refractivity contribution in [2.45, 2.75) is 52.2 Å². The lowest BCUT2D eigenvalue weighted by Gasteiger charge is -2.25. The minimum absolute atomic E-state index is 0.0156. The Morgan fingerprint density at radius 2 is 1.89 bits per heavy atom. The van der Waals surface area contributed by atoms with Crippen molar-refractivity contribution in [2.24, 2.45) is 5.92 Å². The first-order chi connectivity index (χ1) is 12.9. The summed E-state index contributed by atoms with van der Waals surface area (Å²) in [5.74, 6) is 0.637. The van der Waals surface area contributed by atoms with Gasteiger partial charge in [0.1, 0.15) is 5.75 Å². The Labute approximate surface area is 161 Å². The van der Waals surface area contributed by atoms with Crippen molar-refractivity contribution in [1.29, 1.82) is 0 Å². The number of esters is 1. The molecule has 1 heterocycles. The molecule has 2 atom stereocenters. The zero-order chi connectivity index (χ0) is 19.8. The summed E-state index contributed by atoms with van der Waals surface area (Å²) in [4.78, 5) is 26.4.